The Morgan fingerprint density at radius 2 is 2.09 bits per heavy atom. The van der Waals surface area contributed by atoms with Crippen molar-refractivity contribution in [2.45, 2.75) is 0 Å². The maximum Gasteiger partial charge on any atom is 0.349 e. The summed E-state index contributed by atoms with van der Waals surface area (Å²) in [4.78, 5) is 26.0. The quantitative estimate of drug-likeness (QED) is 0.784. The maximum atomic E-state index is 11.3. The van der Waals surface area contributed by atoms with Crippen LogP contribution < -0.4 is 4.74 Å². The number of aromatic carboxylic acids is 1. The highest BCUT2D eigenvalue weighted by atomic mass is 35.5. The summed E-state index contributed by atoms with van der Waals surface area (Å²) in [6.07, 6.45) is 0. The minimum Gasteiger partial charge on any atom is -0.479 e. The molecule has 114 valence electrons. The molecule has 22 heavy (non-hydrogen) atoms. The van der Waals surface area contributed by atoms with Crippen molar-refractivity contribution in [3.05, 3.63) is 34.2 Å². The third-order valence-corrected chi connectivity index (χ3v) is 4.31. The van der Waals surface area contributed by atoms with Gasteiger partial charge in [0.2, 0.25) is 0 Å². The number of nitrogens with zero attached hydrogens (tertiary/aromatic N) is 1. The Morgan fingerprint density at radius 3 is 2.68 bits per heavy atom. The predicted molar refractivity (Wildman–Crippen MR) is 84.1 cm³/mol. The Labute approximate surface area is 134 Å². The van der Waals surface area contributed by atoms with Crippen LogP contribution in [0, 0.1) is 0 Å². The van der Waals surface area contributed by atoms with Crippen molar-refractivity contribution in [2.24, 2.45) is 4.99 Å². The lowest BCUT2D eigenvalue weighted by molar-refractivity contribution is -0.139. The van der Waals surface area contributed by atoms with Crippen LogP contribution in [0.3, 0.4) is 0 Å². The van der Waals surface area contributed by atoms with Crippen LogP contribution >= 0.6 is 22.9 Å². The van der Waals surface area contributed by atoms with Gasteiger partial charge in [-0.3, -0.25) is 4.99 Å². The molecule has 6 nitrogen and oxygen atoms in total. The maximum absolute atomic E-state index is 11.3. The van der Waals surface area contributed by atoms with Crippen molar-refractivity contribution in [1.82, 2.24) is 0 Å². The summed E-state index contributed by atoms with van der Waals surface area (Å²) in [5, 5.41) is 17.9. The number of carboxylic acid groups (broad SMARTS) is 2. The summed E-state index contributed by atoms with van der Waals surface area (Å²) in [5.74, 6) is -2.61. The van der Waals surface area contributed by atoms with Gasteiger partial charge in [-0.1, -0.05) is 23.7 Å². The van der Waals surface area contributed by atoms with Gasteiger partial charge in [-0.25, -0.2) is 9.59 Å². The first-order valence-electron chi connectivity index (χ1n) is 5.91. The van der Waals surface area contributed by atoms with Gasteiger partial charge in [0.15, 0.2) is 17.2 Å². The van der Waals surface area contributed by atoms with Crippen molar-refractivity contribution < 1.29 is 24.5 Å². The molecule has 1 aromatic heterocycles. The zero-order valence-electron chi connectivity index (χ0n) is 11.1. The molecule has 0 spiro atoms. The van der Waals surface area contributed by atoms with Gasteiger partial charge < -0.3 is 14.9 Å². The summed E-state index contributed by atoms with van der Waals surface area (Å²) < 4.78 is 5.01. The summed E-state index contributed by atoms with van der Waals surface area (Å²) in [5.41, 5.74) is 1.25. The van der Waals surface area contributed by atoms with Crippen LogP contribution in [0.1, 0.15) is 9.67 Å². The Balaban J connectivity index is 2.52. The van der Waals surface area contributed by atoms with Crippen molar-refractivity contribution in [3.8, 4) is 16.2 Å². The predicted octanol–water partition coefficient (Wildman–Crippen LogP) is 3.56. The number of hydrogen-bond donors (Lipinski definition) is 2. The van der Waals surface area contributed by atoms with E-state index in [9.17, 15) is 14.7 Å². The summed E-state index contributed by atoms with van der Waals surface area (Å²) >= 11 is 7.08. The van der Waals surface area contributed by atoms with Crippen LogP contribution in [0.4, 0.5) is 5.69 Å². The van der Waals surface area contributed by atoms with Gasteiger partial charge in [0, 0.05) is 0 Å². The Hall–Kier alpha value is -2.38. The number of benzene rings is 1. The van der Waals surface area contributed by atoms with Gasteiger partial charge in [-0.05, 0) is 24.4 Å². The molecule has 0 aliphatic carbocycles. The molecule has 0 aliphatic heterocycles. The molecule has 1 heterocycles. The molecular formula is C14H10ClNO5S. The van der Waals surface area contributed by atoms with E-state index in [4.69, 9.17) is 21.4 Å². The van der Waals surface area contributed by atoms with Crippen LogP contribution in [0.2, 0.25) is 5.02 Å². The Bertz CT molecular complexity index is 756. The first-order valence-corrected chi connectivity index (χ1v) is 7.10. The highest BCUT2D eigenvalue weighted by Gasteiger charge is 2.24. The second kappa shape index (κ2) is 6.59. The van der Waals surface area contributed by atoms with Crippen molar-refractivity contribution >= 4 is 47.3 Å². The third-order valence-electron chi connectivity index (χ3n) is 2.63. The molecule has 1 aromatic carbocycles. The molecule has 0 saturated heterocycles. The summed E-state index contributed by atoms with van der Waals surface area (Å²) in [6.45, 7) is 2.75. The largest absolute Gasteiger partial charge is 0.479 e. The van der Waals surface area contributed by atoms with Gasteiger partial charge in [-0.2, -0.15) is 0 Å². The van der Waals surface area contributed by atoms with Crippen LogP contribution in [0.25, 0.3) is 10.4 Å². The molecule has 8 heteroatoms. The normalized spacial score (nSPS) is 10.2. The molecule has 0 saturated carbocycles. The van der Waals surface area contributed by atoms with Gasteiger partial charge >= 0.3 is 11.9 Å². The highest BCUT2D eigenvalue weighted by molar-refractivity contribution is 7.18. The number of hydrogen-bond acceptors (Lipinski definition) is 5. The summed E-state index contributed by atoms with van der Waals surface area (Å²) in [7, 11) is 0. The van der Waals surface area contributed by atoms with E-state index in [0.717, 1.165) is 11.3 Å². The number of aliphatic carboxylic acids is 1. The minimum absolute atomic E-state index is 0.0601. The van der Waals surface area contributed by atoms with E-state index in [1.807, 2.05) is 0 Å². The van der Waals surface area contributed by atoms with Crippen molar-refractivity contribution in [2.75, 3.05) is 6.61 Å². The standard InChI is InChI=1S/C14H10ClNO5S/c1-16-8-4-2-3-7(5-8)12-10(15)11(21-6-9(17)18)13(22-12)14(19)20/h2-5H,1,6H2,(H,17,18)(H,19,20). The van der Waals surface area contributed by atoms with Gasteiger partial charge in [0.05, 0.1) is 10.6 Å². The number of aliphatic imine (C=N–C) groups is 1. The highest BCUT2D eigenvalue weighted by Crippen LogP contribution is 2.45. The fourth-order valence-electron chi connectivity index (χ4n) is 1.73. The Morgan fingerprint density at radius 1 is 1.36 bits per heavy atom. The lowest BCUT2D eigenvalue weighted by Crippen LogP contribution is -2.10. The first-order chi connectivity index (χ1) is 10.4. The molecule has 2 N–H and O–H groups in total. The minimum atomic E-state index is -1.24. The Kier molecular flexibility index (Phi) is 4.79. The molecular weight excluding hydrogens is 330 g/mol. The average molecular weight is 340 g/mol. The van der Waals surface area contributed by atoms with E-state index >= 15 is 0 Å². The number of ether oxygens (including phenoxy) is 1. The van der Waals surface area contributed by atoms with E-state index in [1.165, 1.54) is 0 Å². The fraction of sp³-hybridized carbons (Fsp3) is 0.0714. The van der Waals surface area contributed by atoms with Crippen LogP contribution in [0.15, 0.2) is 29.3 Å². The zero-order valence-corrected chi connectivity index (χ0v) is 12.6. The van der Waals surface area contributed by atoms with E-state index in [0.29, 0.717) is 16.1 Å². The molecule has 0 atom stereocenters. The second-order valence-electron chi connectivity index (χ2n) is 4.10. The number of thiophene rings is 1. The number of rotatable bonds is 6. The summed E-state index contributed by atoms with van der Waals surface area (Å²) in [6, 6.07) is 6.89. The third kappa shape index (κ3) is 3.26. The number of halogens is 1. The molecule has 0 fully saturated rings. The monoisotopic (exact) mass is 339 g/mol. The van der Waals surface area contributed by atoms with Crippen molar-refractivity contribution in [3.63, 3.8) is 0 Å². The molecule has 0 aliphatic rings. The molecule has 0 unspecified atom stereocenters. The lowest BCUT2D eigenvalue weighted by atomic mass is 10.1. The van der Waals surface area contributed by atoms with Crippen LogP contribution in [0.5, 0.6) is 5.75 Å². The molecule has 0 radical (unpaired) electrons. The van der Waals surface area contributed by atoms with Gasteiger partial charge in [0.1, 0.15) is 5.02 Å². The van der Waals surface area contributed by atoms with E-state index in [1.54, 1.807) is 24.3 Å². The second-order valence-corrected chi connectivity index (χ2v) is 5.50. The average Bonchev–Trinajstić information content (AvgIpc) is 2.82. The molecule has 2 rings (SSSR count). The van der Waals surface area contributed by atoms with Crippen LogP contribution in [-0.4, -0.2) is 35.5 Å². The smallest absolute Gasteiger partial charge is 0.349 e. The van der Waals surface area contributed by atoms with Crippen LogP contribution in [-0.2, 0) is 4.79 Å². The van der Waals surface area contributed by atoms with Gasteiger partial charge in [0.25, 0.3) is 0 Å². The first kappa shape index (κ1) is 16.0. The fourth-order valence-corrected chi connectivity index (χ4v) is 3.13. The lowest BCUT2D eigenvalue weighted by Gasteiger charge is -2.03. The number of carbonyl (C=O) groups is 2. The van der Waals surface area contributed by atoms with E-state index < -0.39 is 18.5 Å². The van der Waals surface area contributed by atoms with E-state index in [2.05, 4.69) is 11.7 Å². The van der Waals surface area contributed by atoms with Gasteiger partial charge in [-0.15, -0.1) is 11.3 Å². The topological polar surface area (TPSA) is 96.2 Å². The molecule has 0 amide bonds. The number of carboxylic acids is 2. The van der Waals surface area contributed by atoms with Crippen molar-refractivity contribution in [1.29, 1.82) is 0 Å². The van der Waals surface area contributed by atoms with E-state index in [-0.39, 0.29) is 15.6 Å². The molecule has 2 aromatic rings. The zero-order chi connectivity index (χ0) is 16.3. The molecule has 0 bridgehead atoms. The SMILES string of the molecule is C=Nc1cccc(-c2sc(C(=O)O)c(OCC(=O)O)c2Cl)c1.